The summed E-state index contributed by atoms with van der Waals surface area (Å²) in [4.78, 5) is 12.2. The summed E-state index contributed by atoms with van der Waals surface area (Å²) in [6.07, 6.45) is 3.62. The van der Waals surface area contributed by atoms with Crippen molar-refractivity contribution in [3.05, 3.63) is 35.9 Å². The van der Waals surface area contributed by atoms with Gasteiger partial charge < -0.3 is 10.1 Å². The van der Waals surface area contributed by atoms with Gasteiger partial charge in [0.2, 0.25) is 11.1 Å². The predicted octanol–water partition coefficient (Wildman–Crippen LogP) is 2.75. The Morgan fingerprint density at radius 3 is 2.87 bits per heavy atom. The van der Waals surface area contributed by atoms with E-state index in [-0.39, 0.29) is 0 Å². The fourth-order valence-electron chi connectivity index (χ4n) is 4.56. The number of fused-ring (bicyclic) bond motifs is 2. The summed E-state index contributed by atoms with van der Waals surface area (Å²) >= 11 is 1.69. The minimum absolute atomic E-state index is 0.371. The van der Waals surface area contributed by atoms with Gasteiger partial charge in [-0.1, -0.05) is 48.5 Å². The lowest BCUT2D eigenvalue weighted by molar-refractivity contribution is 0.0382. The molecule has 30 heavy (non-hydrogen) atoms. The molecule has 1 N–H and O–H groups in total. The molecule has 3 heterocycles. The van der Waals surface area contributed by atoms with Crippen LogP contribution >= 0.6 is 11.8 Å². The summed E-state index contributed by atoms with van der Waals surface area (Å²) in [6, 6.07) is 10.9. The molecule has 1 saturated heterocycles. The number of rotatable bonds is 7. The zero-order chi connectivity index (χ0) is 20.2. The van der Waals surface area contributed by atoms with E-state index in [1.54, 1.807) is 11.8 Å². The second-order valence-electron chi connectivity index (χ2n) is 8.28. The monoisotopic (exact) mass is 426 g/mol. The standard InChI is InChI=1S/C22H30N6OS/c1-2-5-17(6-3-1)16-30-22-25-21-24-20-18(15-28(21)26-22)7-4-8-19(20)23-9-10-27-11-13-29-14-12-27/h1-3,5-6,18-19,23H,4,7-16H2. The number of nitrogens with zero attached hydrogens (tertiary/aromatic N) is 5. The second-order valence-corrected chi connectivity index (χ2v) is 9.22. The molecular formula is C22H30N6OS. The normalized spacial score (nSPS) is 24.2. The Balaban J connectivity index is 1.21. The first-order valence-corrected chi connectivity index (χ1v) is 12.1. The molecule has 7 nitrogen and oxygen atoms in total. The van der Waals surface area contributed by atoms with Gasteiger partial charge in [-0.25, -0.2) is 9.67 Å². The van der Waals surface area contributed by atoms with Crippen molar-refractivity contribution in [3.63, 3.8) is 0 Å². The molecule has 1 aromatic carbocycles. The molecule has 1 aromatic heterocycles. The predicted molar refractivity (Wildman–Crippen MR) is 120 cm³/mol. The third-order valence-electron chi connectivity index (χ3n) is 6.21. The molecule has 1 saturated carbocycles. The van der Waals surface area contributed by atoms with Crippen LogP contribution < -0.4 is 5.32 Å². The highest BCUT2D eigenvalue weighted by molar-refractivity contribution is 7.98. The third-order valence-corrected chi connectivity index (χ3v) is 7.12. The maximum Gasteiger partial charge on any atom is 0.248 e. The Kier molecular flexibility index (Phi) is 6.45. The maximum atomic E-state index is 5.45. The van der Waals surface area contributed by atoms with E-state index in [0.29, 0.717) is 12.0 Å². The molecule has 2 aromatic rings. The van der Waals surface area contributed by atoms with Crippen LogP contribution in [-0.2, 0) is 17.0 Å². The van der Waals surface area contributed by atoms with Gasteiger partial charge in [0.1, 0.15) is 0 Å². The van der Waals surface area contributed by atoms with Gasteiger partial charge in [0, 0.05) is 49.6 Å². The second kappa shape index (κ2) is 9.60. The first-order valence-electron chi connectivity index (χ1n) is 11.1. The third kappa shape index (κ3) is 4.77. The van der Waals surface area contributed by atoms with E-state index in [1.165, 1.54) is 30.5 Å². The van der Waals surface area contributed by atoms with Crippen LogP contribution in [0.1, 0.15) is 24.8 Å². The maximum absolute atomic E-state index is 5.45. The van der Waals surface area contributed by atoms with Gasteiger partial charge in [-0.05, 0) is 18.4 Å². The first-order chi connectivity index (χ1) is 14.8. The zero-order valence-electron chi connectivity index (χ0n) is 17.4. The molecule has 0 spiro atoms. The van der Waals surface area contributed by atoms with E-state index in [9.17, 15) is 0 Å². The molecule has 2 atom stereocenters. The Morgan fingerprint density at radius 2 is 2.00 bits per heavy atom. The number of aliphatic imine (C=N–C) groups is 1. The molecule has 1 aliphatic carbocycles. The average molecular weight is 427 g/mol. The number of morpholine rings is 1. The van der Waals surface area contributed by atoms with E-state index < -0.39 is 0 Å². The SMILES string of the molecule is c1ccc(CSc2nc3n(n2)CC2CCCC(NCCN4CCOCC4)C2=N3)cc1. The van der Waals surface area contributed by atoms with Crippen LogP contribution in [0.4, 0.5) is 5.95 Å². The van der Waals surface area contributed by atoms with Gasteiger partial charge in [0.25, 0.3) is 0 Å². The number of thioether (sulfide) groups is 1. The molecule has 160 valence electrons. The zero-order valence-corrected chi connectivity index (χ0v) is 18.2. The summed E-state index contributed by atoms with van der Waals surface area (Å²) in [7, 11) is 0. The Labute approximate surface area is 182 Å². The number of hydrogen-bond acceptors (Lipinski definition) is 7. The molecule has 0 amide bonds. The molecule has 5 rings (SSSR count). The number of nitrogens with one attached hydrogen (secondary N) is 1. The van der Waals surface area contributed by atoms with Crippen molar-refractivity contribution in [1.82, 2.24) is 25.0 Å². The van der Waals surface area contributed by atoms with Crippen molar-refractivity contribution in [2.45, 2.75) is 42.8 Å². The molecule has 3 aliphatic rings. The minimum atomic E-state index is 0.371. The summed E-state index contributed by atoms with van der Waals surface area (Å²) in [6.45, 7) is 6.80. The number of ether oxygens (including phenoxy) is 1. The number of aromatic nitrogens is 3. The van der Waals surface area contributed by atoms with Gasteiger partial charge in [0.05, 0.1) is 19.8 Å². The van der Waals surface area contributed by atoms with E-state index in [0.717, 1.165) is 62.8 Å². The van der Waals surface area contributed by atoms with Crippen molar-refractivity contribution < 1.29 is 4.74 Å². The summed E-state index contributed by atoms with van der Waals surface area (Å²) in [5, 5.41) is 9.33. The van der Waals surface area contributed by atoms with Crippen LogP contribution in [0.25, 0.3) is 0 Å². The van der Waals surface area contributed by atoms with Crippen molar-refractivity contribution in [3.8, 4) is 0 Å². The highest BCUT2D eigenvalue weighted by atomic mass is 32.2. The summed E-state index contributed by atoms with van der Waals surface area (Å²) in [5.41, 5.74) is 2.59. The van der Waals surface area contributed by atoms with E-state index in [4.69, 9.17) is 19.8 Å². The van der Waals surface area contributed by atoms with Crippen LogP contribution in [0.2, 0.25) is 0 Å². The van der Waals surface area contributed by atoms with Crippen molar-refractivity contribution in [2.75, 3.05) is 39.4 Å². The van der Waals surface area contributed by atoms with Gasteiger partial charge in [-0.15, -0.1) is 5.10 Å². The Bertz CT molecular complexity index is 864. The van der Waals surface area contributed by atoms with Crippen LogP contribution in [0.5, 0.6) is 0 Å². The fourth-order valence-corrected chi connectivity index (χ4v) is 5.35. The van der Waals surface area contributed by atoms with E-state index >= 15 is 0 Å². The largest absolute Gasteiger partial charge is 0.379 e. The Morgan fingerprint density at radius 1 is 1.13 bits per heavy atom. The topological polar surface area (TPSA) is 67.6 Å². The number of benzene rings is 1. The quantitative estimate of drug-likeness (QED) is 0.687. The Hall–Kier alpha value is -1.74. The van der Waals surface area contributed by atoms with E-state index in [2.05, 4.69) is 34.5 Å². The van der Waals surface area contributed by atoms with Crippen LogP contribution in [0.15, 0.2) is 40.5 Å². The molecule has 8 heteroatoms. The first kappa shape index (κ1) is 20.2. The molecule has 2 aliphatic heterocycles. The van der Waals surface area contributed by atoms with Gasteiger partial charge in [-0.2, -0.15) is 4.98 Å². The fraction of sp³-hybridized carbons (Fsp3) is 0.591. The van der Waals surface area contributed by atoms with Gasteiger partial charge in [-0.3, -0.25) is 4.90 Å². The molecule has 2 fully saturated rings. The highest BCUT2D eigenvalue weighted by Crippen LogP contribution is 2.32. The van der Waals surface area contributed by atoms with Crippen LogP contribution in [-0.4, -0.2) is 70.8 Å². The van der Waals surface area contributed by atoms with Crippen molar-refractivity contribution in [1.29, 1.82) is 0 Å². The number of hydrogen-bond donors (Lipinski definition) is 1. The van der Waals surface area contributed by atoms with Gasteiger partial charge >= 0.3 is 0 Å². The lowest BCUT2D eigenvalue weighted by Crippen LogP contribution is -2.48. The lowest BCUT2D eigenvalue weighted by atomic mass is 9.83. The van der Waals surface area contributed by atoms with Crippen LogP contribution in [0.3, 0.4) is 0 Å². The van der Waals surface area contributed by atoms with Crippen molar-refractivity contribution in [2.24, 2.45) is 10.9 Å². The van der Waals surface area contributed by atoms with Crippen molar-refractivity contribution >= 4 is 23.4 Å². The highest BCUT2D eigenvalue weighted by Gasteiger charge is 2.33. The minimum Gasteiger partial charge on any atom is -0.379 e. The molecule has 2 unspecified atom stereocenters. The molecular weight excluding hydrogens is 396 g/mol. The smallest absolute Gasteiger partial charge is 0.248 e. The summed E-state index contributed by atoms with van der Waals surface area (Å²) < 4.78 is 7.46. The average Bonchev–Trinajstić information content (AvgIpc) is 3.20. The molecule has 0 bridgehead atoms. The van der Waals surface area contributed by atoms with E-state index in [1.807, 2.05) is 10.7 Å². The molecule has 0 radical (unpaired) electrons. The van der Waals surface area contributed by atoms with Gasteiger partial charge in [0.15, 0.2) is 0 Å². The van der Waals surface area contributed by atoms with Crippen LogP contribution in [0, 0.1) is 5.92 Å². The summed E-state index contributed by atoms with van der Waals surface area (Å²) in [5.74, 6) is 2.15. The lowest BCUT2D eigenvalue weighted by Gasteiger charge is -2.34.